The molecule has 3 aromatic rings. The highest BCUT2D eigenvalue weighted by atomic mass is 16.5. The zero-order valence-electron chi connectivity index (χ0n) is 15.1. The summed E-state index contributed by atoms with van der Waals surface area (Å²) in [5.74, 6) is 0.248. The lowest BCUT2D eigenvalue weighted by atomic mass is 9.83. The van der Waals surface area contributed by atoms with Crippen molar-refractivity contribution in [3.8, 4) is 0 Å². The summed E-state index contributed by atoms with van der Waals surface area (Å²) < 4.78 is 5.13. The Morgan fingerprint density at radius 3 is 2.96 bits per heavy atom. The third-order valence-corrected chi connectivity index (χ3v) is 5.33. The maximum atomic E-state index is 12.2. The third-order valence-electron chi connectivity index (χ3n) is 5.33. The normalized spacial score (nSPS) is 17.8. The van der Waals surface area contributed by atoms with Crippen molar-refractivity contribution in [3.63, 3.8) is 0 Å². The van der Waals surface area contributed by atoms with E-state index in [9.17, 15) is 9.59 Å². The van der Waals surface area contributed by atoms with E-state index < -0.39 is 5.97 Å². The summed E-state index contributed by atoms with van der Waals surface area (Å²) in [6.07, 6.45) is 5.04. The molecule has 0 spiro atoms. The van der Waals surface area contributed by atoms with E-state index in [1.165, 1.54) is 5.56 Å². The zero-order valence-corrected chi connectivity index (χ0v) is 15.1. The number of hydrogen-bond acceptors (Lipinski definition) is 4. The first-order chi connectivity index (χ1) is 12.6. The van der Waals surface area contributed by atoms with Crippen LogP contribution in [-0.2, 0) is 9.53 Å². The molecule has 0 bridgehead atoms. The van der Waals surface area contributed by atoms with Gasteiger partial charge in [-0.2, -0.15) is 0 Å². The Kier molecular flexibility index (Phi) is 4.23. The molecule has 5 heteroatoms. The molecule has 0 radical (unpaired) electrons. The van der Waals surface area contributed by atoms with E-state index in [1.54, 1.807) is 13.1 Å². The lowest BCUT2D eigenvalue weighted by Gasteiger charge is -2.21. The van der Waals surface area contributed by atoms with Crippen LogP contribution in [0.15, 0.2) is 24.4 Å². The van der Waals surface area contributed by atoms with Crippen LogP contribution in [0, 0.1) is 6.92 Å². The third kappa shape index (κ3) is 2.77. The van der Waals surface area contributed by atoms with Gasteiger partial charge < -0.3 is 9.72 Å². The SMILES string of the molecule is CCOC(=O)c1ncc2[nH]c3ccc(C4CCCC(=O)C4)cc3c2c1C. The van der Waals surface area contributed by atoms with Gasteiger partial charge in [-0.3, -0.25) is 4.79 Å². The Labute approximate surface area is 151 Å². The van der Waals surface area contributed by atoms with Gasteiger partial charge in [-0.05, 0) is 55.9 Å². The zero-order chi connectivity index (χ0) is 18.3. The van der Waals surface area contributed by atoms with Crippen molar-refractivity contribution in [2.75, 3.05) is 6.61 Å². The van der Waals surface area contributed by atoms with Gasteiger partial charge in [0.1, 0.15) is 5.78 Å². The number of ketones is 1. The minimum Gasteiger partial charge on any atom is -0.461 e. The fraction of sp³-hybridized carbons (Fsp3) is 0.381. The molecule has 1 N–H and O–H groups in total. The topological polar surface area (TPSA) is 72.0 Å². The van der Waals surface area contributed by atoms with Crippen LogP contribution < -0.4 is 0 Å². The van der Waals surface area contributed by atoms with Crippen LogP contribution in [-0.4, -0.2) is 28.3 Å². The second kappa shape index (κ2) is 6.56. The van der Waals surface area contributed by atoms with Crippen molar-refractivity contribution in [1.29, 1.82) is 0 Å². The van der Waals surface area contributed by atoms with Crippen molar-refractivity contribution in [1.82, 2.24) is 9.97 Å². The fourth-order valence-electron chi connectivity index (χ4n) is 4.04. The van der Waals surface area contributed by atoms with Gasteiger partial charge in [0.05, 0.1) is 18.3 Å². The van der Waals surface area contributed by atoms with Gasteiger partial charge in [-0.15, -0.1) is 0 Å². The summed E-state index contributed by atoms with van der Waals surface area (Å²) >= 11 is 0. The Balaban J connectivity index is 1.85. The van der Waals surface area contributed by atoms with E-state index in [1.807, 2.05) is 6.92 Å². The second-order valence-electron chi connectivity index (χ2n) is 7.00. The lowest BCUT2D eigenvalue weighted by molar-refractivity contribution is -0.120. The van der Waals surface area contributed by atoms with Crippen molar-refractivity contribution in [3.05, 3.63) is 41.2 Å². The van der Waals surface area contributed by atoms with Crippen molar-refractivity contribution in [2.45, 2.75) is 45.4 Å². The molecular formula is C21H22N2O3. The molecule has 0 saturated heterocycles. The van der Waals surface area contributed by atoms with Crippen LogP contribution in [0.1, 0.15) is 60.1 Å². The molecule has 0 aliphatic heterocycles. The molecule has 1 aromatic carbocycles. The number of H-pyrrole nitrogens is 1. The lowest BCUT2D eigenvalue weighted by Crippen LogP contribution is -2.13. The molecule has 4 rings (SSSR count). The van der Waals surface area contributed by atoms with E-state index in [4.69, 9.17) is 4.74 Å². The Bertz CT molecular complexity index is 1020. The molecule has 0 amide bonds. The molecular weight excluding hydrogens is 328 g/mol. The van der Waals surface area contributed by atoms with Gasteiger partial charge >= 0.3 is 5.97 Å². The molecule has 2 aromatic heterocycles. The molecule has 2 heterocycles. The van der Waals surface area contributed by atoms with Gasteiger partial charge in [-0.25, -0.2) is 9.78 Å². The minimum absolute atomic E-state index is 0.289. The number of rotatable bonds is 3. The fourth-order valence-corrected chi connectivity index (χ4v) is 4.04. The van der Waals surface area contributed by atoms with Crippen LogP contribution >= 0.6 is 0 Å². The highest BCUT2D eigenvalue weighted by Crippen LogP contribution is 2.35. The number of fused-ring (bicyclic) bond motifs is 3. The number of nitrogens with one attached hydrogen (secondary N) is 1. The number of hydrogen-bond donors (Lipinski definition) is 1. The standard InChI is InChI=1S/C21H22N2O3/c1-3-26-21(25)20-12(2)19-16-10-14(13-5-4-6-15(24)9-13)7-8-17(16)23-18(19)11-22-20/h7-8,10-11,13,23H,3-6,9H2,1-2H3. The highest BCUT2D eigenvalue weighted by Gasteiger charge is 2.22. The number of pyridine rings is 1. The van der Waals surface area contributed by atoms with E-state index in [-0.39, 0.29) is 5.92 Å². The number of esters is 1. The number of ether oxygens (including phenoxy) is 1. The molecule has 1 unspecified atom stereocenters. The van der Waals surface area contributed by atoms with Gasteiger partial charge in [0, 0.05) is 29.1 Å². The summed E-state index contributed by atoms with van der Waals surface area (Å²) in [5, 5.41) is 2.07. The predicted octanol–water partition coefficient (Wildman–Crippen LogP) is 4.43. The molecule has 1 aliphatic rings. The molecule has 5 nitrogen and oxygen atoms in total. The molecule has 134 valence electrons. The van der Waals surface area contributed by atoms with E-state index in [2.05, 4.69) is 28.2 Å². The van der Waals surface area contributed by atoms with Crippen molar-refractivity contribution in [2.24, 2.45) is 0 Å². The Morgan fingerprint density at radius 2 is 2.19 bits per heavy atom. The van der Waals surface area contributed by atoms with E-state index in [0.717, 1.165) is 40.2 Å². The number of Topliss-reactive ketones (excluding diaryl/α,β-unsaturated/α-hetero) is 1. The number of carbonyl (C=O) groups excluding carboxylic acids is 2. The van der Waals surface area contributed by atoms with Gasteiger partial charge in [0.15, 0.2) is 5.69 Å². The number of nitrogens with zero attached hydrogens (tertiary/aromatic N) is 1. The smallest absolute Gasteiger partial charge is 0.357 e. The number of carbonyl (C=O) groups is 2. The number of aromatic amines is 1. The van der Waals surface area contributed by atoms with Crippen molar-refractivity contribution < 1.29 is 14.3 Å². The molecule has 1 fully saturated rings. The molecule has 1 saturated carbocycles. The second-order valence-corrected chi connectivity index (χ2v) is 7.00. The van der Waals surface area contributed by atoms with Gasteiger partial charge in [-0.1, -0.05) is 6.07 Å². The van der Waals surface area contributed by atoms with Crippen molar-refractivity contribution >= 4 is 33.6 Å². The number of aromatic nitrogens is 2. The first-order valence-electron chi connectivity index (χ1n) is 9.18. The molecule has 1 aliphatic carbocycles. The summed E-state index contributed by atoms with van der Waals surface area (Å²) in [6, 6.07) is 6.34. The first kappa shape index (κ1) is 16.8. The van der Waals surface area contributed by atoms with Crippen LogP contribution in [0.3, 0.4) is 0 Å². The molecule has 1 atom stereocenters. The largest absolute Gasteiger partial charge is 0.461 e. The van der Waals surface area contributed by atoms with Gasteiger partial charge in [0.25, 0.3) is 0 Å². The van der Waals surface area contributed by atoms with Crippen LogP contribution in [0.2, 0.25) is 0 Å². The van der Waals surface area contributed by atoms with Crippen LogP contribution in [0.5, 0.6) is 0 Å². The molecule has 26 heavy (non-hydrogen) atoms. The first-order valence-corrected chi connectivity index (χ1v) is 9.18. The summed E-state index contributed by atoms with van der Waals surface area (Å²) in [4.78, 5) is 31.7. The van der Waals surface area contributed by atoms with E-state index in [0.29, 0.717) is 30.9 Å². The van der Waals surface area contributed by atoms with E-state index >= 15 is 0 Å². The summed E-state index contributed by atoms with van der Waals surface area (Å²) in [6.45, 7) is 4.02. The van der Waals surface area contributed by atoms with Crippen LogP contribution in [0.4, 0.5) is 0 Å². The minimum atomic E-state index is -0.393. The predicted molar refractivity (Wildman–Crippen MR) is 101 cm³/mol. The quantitative estimate of drug-likeness (QED) is 0.709. The van der Waals surface area contributed by atoms with Gasteiger partial charge in [0.2, 0.25) is 0 Å². The number of aryl methyl sites for hydroxylation is 1. The number of benzene rings is 1. The van der Waals surface area contributed by atoms with Crippen LogP contribution in [0.25, 0.3) is 21.8 Å². The maximum Gasteiger partial charge on any atom is 0.357 e. The summed E-state index contributed by atoms with van der Waals surface area (Å²) in [5.41, 5.74) is 4.29. The Hall–Kier alpha value is -2.69. The monoisotopic (exact) mass is 350 g/mol. The average Bonchev–Trinajstić information content (AvgIpc) is 3.00. The summed E-state index contributed by atoms with van der Waals surface area (Å²) in [7, 11) is 0. The Morgan fingerprint density at radius 1 is 1.35 bits per heavy atom. The highest BCUT2D eigenvalue weighted by molar-refractivity contribution is 6.11. The maximum absolute atomic E-state index is 12.2. The average molecular weight is 350 g/mol.